The number of amides is 2. The van der Waals surface area contributed by atoms with Crippen LogP contribution < -0.4 is 10.1 Å². The number of carbonyl (C=O) groups excluding carboxylic acids is 1. The van der Waals surface area contributed by atoms with Crippen molar-refractivity contribution >= 4 is 11.7 Å². The van der Waals surface area contributed by atoms with E-state index < -0.39 is 0 Å². The lowest BCUT2D eigenvalue weighted by Crippen LogP contribution is -2.45. The number of urea groups is 1. The van der Waals surface area contributed by atoms with E-state index in [9.17, 15) is 4.79 Å². The summed E-state index contributed by atoms with van der Waals surface area (Å²) in [6.07, 6.45) is 3.83. The number of pyridine rings is 1. The molecule has 1 fully saturated rings. The number of methoxy groups -OCH3 is 1. The van der Waals surface area contributed by atoms with Gasteiger partial charge in [0, 0.05) is 18.3 Å². The fourth-order valence-corrected chi connectivity index (χ4v) is 2.19. The molecule has 0 saturated heterocycles. The van der Waals surface area contributed by atoms with Crippen LogP contribution in [0.25, 0.3) is 0 Å². The van der Waals surface area contributed by atoms with Crippen molar-refractivity contribution in [2.24, 2.45) is 5.92 Å². The predicted molar refractivity (Wildman–Crippen MR) is 79.0 cm³/mol. The summed E-state index contributed by atoms with van der Waals surface area (Å²) in [6.45, 7) is 6.37. The zero-order valence-corrected chi connectivity index (χ0v) is 12.6. The quantitative estimate of drug-likeness (QED) is 0.899. The average molecular weight is 277 g/mol. The zero-order valence-electron chi connectivity index (χ0n) is 12.6. The molecular formula is C15H23N3O2. The van der Waals surface area contributed by atoms with Crippen molar-refractivity contribution in [3.8, 4) is 5.88 Å². The normalized spacial score (nSPS) is 15.8. The van der Waals surface area contributed by atoms with Crippen molar-refractivity contribution in [3.63, 3.8) is 0 Å². The van der Waals surface area contributed by atoms with E-state index in [0.717, 1.165) is 12.8 Å². The molecule has 2 amide bonds. The van der Waals surface area contributed by atoms with Gasteiger partial charge < -0.3 is 15.0 Å². The second-order valence-electron chi connectivity index (χ2n) is 5.61. The summed E-state index contributed by atoms with van der Waals surface area (Å²) in [4.78, 5) is 18.6. The van der Waals surface area contributed by atoms with Crippen LogP contribution in [0.3, 0.4) is 0 Å². The van der Waals surface area contributed by atoms with Crippen LogP contribution in [0, 0.1) is 5.92 Å². The van der Waals surface area contributed by atoms with Crippen LogP contribution in [-0.2, 0) is 0 Å². The van der Waals surface area contributed by atoms with E-state index in [1.54, 1.807) is 25.4 Å². The molecule has 5 nitrogen and oxygen atoms in total. The first kappa shape index (κ1) is 14.6. The summed E-state index contributed by atoms with van der Waals surface area (Å²) in [6, 6.07) is 4.10. The molecule has 0 aromatic carbocycles. The topological polar surface area (TPSA) is 54.5 Å². The lowest BCUT2D eigenvalue weighted by molar-refractivity contribution is 0.169. The number of ether oxygens (including phenoxy) is 1. The van der Waals surface area contributed by atoms with Crippen molar-refractivity contribution in [3.05, 3.63) is 18.3 Å². The molecule has 1 heterocycles. The first-order valence-corrected chi connectivity index (χ1v) is 7.13. The highest BCUT2D eigenvalue weighted by atomic mass is 16.5. The standard InChI is InChI=1S/C15H23N3O2/c1-10(2)11(3)18(12-7-8-12)15(19)17-13-6-5-9-16-14(13)20-4/h5-6,9-12H,7-8H2,1-4H3,(H,17,19)/t11-/m0/s1. The molecule has 1 aromatic rings. The molecule has 0 spiro atoms. The number of nitrogens with one attached hydrogen (secondary N) is 1. The van der Waals surface area contributed by atoms with Gasteiger partial charge in [0.2, 0.25) is 5.88 Å². The van der Waals surface area contributed by atoms with Gasteiger partial charge in [-0.05, 0) is 37.8 Å². The van der Waals surface area contributed by atoms with E-state index >= 15 is 0 Å². The van der Waals surface area contributed by atoms with Crippen LogP contribution >= 0.6 is 0 Å². The molecule has 110 valence electrons. The van der Waals surface area contributed by atoms with Gasteiger partial charge in [0.05, 0.1) is 7.11 Å². The third kappa shape index (κ3) is 3.21. The van der Waals surface area contributed by atoms with Crippen LogP contribution in [0.5, 0.6) is 5.88 Å². The molecule has 0 aliphatic heterocycles. The third-order valence-corrected chi connectivity index (χ3v) is 3.78. The van der Waals surface area contributed by atoms with Crippen LogP contribution in [0.1, 0.15) is 33.6 Å². The fourth-order valence-electron chi connectivity index (χ4n) is 2.19. The van der Waals surface area contributed by atoms with E-state index in [0.29, 0.717) is 23.5 Å². The van der Waals surface area contributed by atoms with Crippen molar-refractivity contribution in [1.29, 1.82) is 0 Å². The van der Waals surface area contributed by atoms with Gasteiger partial charge in [-0.3, -0.25) is 0 Å². The second-order valence-corrected chi connectivity index (χ2v) is 5.61. The fraction of sp³-hybridized carbons (Fsp3) is 0.600. The maximum atomic E-state index is 12.5. The zero-order chi connectivity index (χ0) is 14.7. The number of aromatic nitrogens is 1. The van der Waals surface area contributed by atoms with Gasteiger partial charge in [0.15, 0.2) is 0 Å². The highest BCUT2D eigenvalue weighted by Crippen LogP contribution is 2.32. The number of nitrogens with zero attached hydrogens (tertiary/aromatic N) is 2. The molecule has 2 rings (SSSR count). The molecule has 1 saturated carbocycles. The Morgan fingerprint density at radius 3 is 2.70 bits per heavy atom. The van der Waals surface area contributed by atoms with Gasteiger partial charge in [-0.2, -0.15) is 0 Å². The van der Waals surface area contributed by atoms with Crippen molar-refractivity contribution in [2.45, 2.75) is 45.7 Å². The number of anilines is 1. The maximum Gasteiger partial charge on any atom is 0.322 e. The van der Waals surface area contributed by atoms with E-state index in [1.807, 2.05) is 4.90 Å². The van der Waals surface area contributed by atoms with Gasteiger partial charge in [-0.1, -0.05) is 13.8 Å². The smallest absolute Gasteiger partial charge is 0.322 e. The minimum absolute atomic E-state index is 0.0694. The number of hydrogen-bond donors (Lipinski definition) is 1. The Bertz CT molecular complexity index is 472. The van der Waals surface area contributed by atoms with Crippen LogP contribution in [0.4, 0.5) is 10.5 Å². The highest BCUT2D eigenvalue weighted by molar-refractivity contribution is 5.91. The van der Waals surface area contributed by atoms with Gasteiger partial charge >= 0.3 is 6.03 Å². The molecule has 0 radical (unpaired) electrons. The van der Waals surface area contributed by atoms with E-state index in [2.05, 4.69) is 31.1 Å². The minimum atomic E-state index is -0.0694. The van der Waals surface area contributed by atoms with Gasteiger partial charge in [-0.25, -0.2) is 9.78 Å². The first-order chi connectivity index (χ1) is 9.54. The Balaban J connectivity index is 2.12. The molecule has 0 unspecified atom stereocenters. The summed E-state index contributed by atoms with van der Waals surface area (Å²) >= 11 is 0. The van der Waals surface area contributed by atoms with Gasteiger partial charge in [0.1, 0.15) is 5.69 Å². The Morgan fingerprint density at radius 1 is 1.45 bits per heavy atom. The van der Waals surface area contributed by atoms with E-state index in [1.165, 1.54) is 0 Å². The lowest BCUT2D eigenvalue weighted by Gasteiger charge is -2.32. The van der Waals surface area contributed by atoms with Crippen molar-refractivity contribution in [2.75, 3.05) is 12.4 Å². The summed E-state index contributed by atoms with van der Waals surface area (Å²) in [5.74, 6) is 0.867. The molecule has 1 aliphatic rings. The Hall–Kier alpha value is -1.78. The minimum Gasteiger partial charge on any atom is -0.480 e. The van der Waals surface area contributed by atoms with Crippen molar-refractivity contribution in [1.82, 2.24) is 9.88 Å². The summed E-state index contributed by atoms with van der Waals surface area (Å²) in [5.41, 5.74) is 0.613. The lowest BCUT2D eigenvalue weighted by atomic mass is 10.0. The van der Waals surface area contributed by atoms with Crippen LogP contribution in [-0.4, -0.2) is 35.1 Å². The molecule has 0 bridgehead atoms. The third-order valence-electron chi connectivity index (χ3n) is 3.78. The first-order valence-electron chi connectivity index (χ1n) is 7.13. The number of rotatable bonds is 5. The van der Waals surface area contributed by atoms with E-state index in [-0.39, 0.29) is 12.1 Å². The predicted octanol–water partition coefficient (Wildman–Crippen LogP) is 3.13. The van der Waals surface area contributed by atoms with Crippen LogP contribution in [0.2, 0.25) is 0 Å². The molecule has 5 heteroatoms. The largest absolute Gasteiger partial charge is 0.480 e. The Kier molecular flexibility index (Phi) is 4.47. The van der Waals surface area contributed by atoms with Gasteiger partial charge in [0.25, 0.3) is 0 Å². The highest BCUT2D eigenvalue weighted by Gasteiger charge is 2.36. The van der Waals surface area contributed by atoms with Crippen LogP contribution in [0.15, 0.2) is 18.3 Å². The monoisotopic (exact) mass is 277 g/mol. The molecule has 1 aliphatic carbocycles. The average Bonchev–Trinajstić information content (AvgIpc) is 3.24. The molecule has 20 heavy (non-hydrogen) atoms. The number of carbonyl (C=O) groups is 1. The second kappa shape index (κ2) is 6.11. The molecule has 1 atom stereocenters. The Labute approximate surface area is 120 Å². The van der Waals surface area contributed by atoms with E-state index in [4.69, 9.17) is 4.74 Å². The number of hydrogen-bond acceptors (Lipinski definition) is 3. The summed E-state index contributed by atoms with van der Waals surface area (Å²) in [7, 11) is 1.55. The SMILES string of the molecule is COc1ncccc1NC(=O)N(C1CC1)[C@@H](C)C(C)C. The summed E-state index contributed by atoms with van der Waals surface area (Å²) < 4.78 is 5.17. The Morgan fingerprint density at radius 2 is 2.15 bits per heavy atom. The van der Waals surface area contributed by atoms with Crippen molar-refractivity contribution < 1.29 is 9.53 Å². The molecular weight excluding hydrogens is 254 g/mol. The molecule has 1 aromatic heterocycles. The molecule has 1 N–H and O–H groups in total. The van der Waals surface area contributed by atoms with Gasteiger partial charge in [-0.15, -0.1) is 0 Å². The maximum absolute atomic E-state index is 12.5. The summed E-state index contributed by atoms with van der Waals surface area (Å²) in [5, 5.41) is 2.92.